The number of sulfonamides is 1. The molecule has 0 aromatic heterocycles. The molecule has 0 fully saturated rings. The molecule has 0 amide bonds. The van der Waals surface area contributed by atoms with Gasteiger partial charge in [-0.1, -0.05) is 13.3 Å². The fourth-order valence-electron chi connectivity index (χ4n) is 1.36. The minimum Gasteiger partial charge on any atom is -0.481 e. The second-order valence-corrected chi connectivity index (χ2v) is 6.54. The Morgan fingerprint density at radius 3 is 2.33 bits per heavy atom. The topological polar surface area (TPSA) is 107 Å². The molecule has 0 aliphatic carbocycles. The number of carboxylic acid groups (broad SMARTS) is 1. The average molecular weight is 276 g/mol. The van der Waals surface area contributed by atoms with Crippen LogP contribution >= 0.6 is 0 Å². The summed E-state index contributed by atoms with van der Waals surface area (Å²) in [6, 6.07) is 1.37. The van der Waals surface area contributed by atoms with Crippen LogP contribution in [0.3, 0.4) is 0 Å². The van der Waals surface area contributed by atoms with Crippen LogP contribution in [0.4, 0.5) is 0 Å². The maximum absolute atomic E-state index is 11.5. The number of nitriles is 1. The summed E-state index contributed by atoms with van der Waals surface area (Å²) in [6.45, 7) is 4.64. The van der Waals surface area contributed by atoms with Crippen molar-refractivity contribution in [2.45, 2.75) is 51.3 Å². The largest absolute Gasteiger partial charge is 0.481 e. The number of nitrogens with zero attached hydrogens (tertiary/aromatic N) is 1. The first-order valence-electron chi connectivity index (χ1n) is 5.84. The van der Waals surface area contributed by atoms with Crippen molar-refractivity contribution in [1.82, 2.24) is 4.72 Å². The summed E-state index contributed by atoms with van der Waals surface area (Å²) in [4.78, 5) is 10.6. The van der Waals surface area contributed by atoms with Crippen LogP contribution in [0.1, 0.15) is 40.0 Å². The lowest BCUT2D eigenvalue weighted by Crippen LogP contribution is -2.38. The predicted octanol–water partition coefficient (Wildman–Crippen LogP) is 1.10. The van der Waals surface area contributed by atoms with Gasteiger partial charge >= 0.3 is 5.97 Å². The molecule has 0 spiro atoms. The molecule has 18 heavy (non-hydrogen) atoms. The van der Waals surface area contributed by atoms with Gasteiger partial charge in [0, 0.05) is 6.04 Å². The van der Waals surface area contributed by atoms with E-state index in [1.807, 2.05) is 0 Å². The Labute approximate surface area is 108 Å². The molecule has 0 rings (SSSR count). The Bertz CT molecular complexity index is 413. The highest BCUT2D eigenvalue weighted by atomic mass is 32.2. The number of hydrogen-bond acceptors (Lipinski definition) is 4. The first-order chi connectivity index (χ1) is 8.20. The van der Waals surface area contributed by atoms with E-state index in [0.717, 1.165) is 0 Å². The van der Waals surface area contributed by atoms with E-state index in [2.05, 4.69) is 4.72 Å². The summed E-state index contributed by atoms with van der Waals surface area (Å²) in [5.41, 5.74) is 0. The van der Waals surface area contributed by atoms with Gasteiger partial charge in [0.05, 0.1) is 12.0 Å². The van der Waals surface area contributed by atoms with E-state index in [1.165, 1.54) is 6.92 Å². The minimum atomic E-state index is -3.60. The first-order valence-corrected chi connectivity index (χ1v) is 7.39. The zero-order valence-electron chi connectivity index (χ0n) is 10.9. The van der Waals surface area contributed by atoms with Gasteiger partial charge < -0.3 is 5.11 Å². The number of carbonyl (C=O) groups is 1. The number of carboxylic acids is 1. The quantitative estimate of drug-likeness (QED) is 0.690. The van der Waals surface area contributed by atoms with Gasteiger partial charge in [-0.3, -0.25) is 4.79 Å². The van der Waals surface area contributed by atoms with Crippen LogP contribution in [0.25, 0.3) is 0 Å². The zero-order chi connectivity index (χ0) is 14.3. The smallest absolute Gasteiger partial charge is 0.306 e. The highest BCUT2D eigenvalue weighted by Crippen LogP contribution is 2.10. The van der Waals surface area contributed by atoms with Crippen molar-refractivity contribution in [3.8, 4) is 6.07 Å². The first kappa shape index (κ1) is 16.9. The molecule has 6 nitrogen and oxygen atoms in total. The standard InChI is InChI=1S/C11H20N2O4S/c1-8(11(14)15)5-4-6-9(2)13-18(16,17)10(3)7-12/h8-10,13H,4-6H2,1-3H3,(H,14,15). The predicted molar refractivity (Wildman–Crippen MR) is 67.2 cm³/mol. The Morgan fingerprint density at radius 1 is 1.33 bits per heavy atom. The van der Waals surface area contributed by atoms with E-state index in [0.29, 0.717) is 19.3 Å². The Kier molecular flexibility index (Phi) is 6.88. The van der Waals surface area contributed by atoms with Gasteiger partial charge in [0.25, 0.3) is 0 Å². The van der Waals surface area contributed by atoms with Crippen molar-refractivity contribution in [2.24, 2.45) is 5.92 Å². The lowest BCUT2D eigenvalue weighted by atomic mass is 10.0. The van der Waals surface area contributed by atoms with Crippen molar-refractivity contribution in [1.29, 1.82) is 5.26 Å². The summed E-state index contributed by atoms with van der Waals surface area (Å²) in [5, 5.41) is 16.2. The van der Waals surface area contributed by atoms with E-state index in [4.69, 9.17) is 10.4 Å². The highest BCUT2D eigenvalue weighted by Gasteiger charge is 2.22. The van der Waals surface area contributed by atoms with Crippen LogP contribution < -0.4 is 4.72 Å². The molecule has 2 N–H and O–H groups in total. The third-order valence-electron chi connectivity index (χ3n) is 2.71. The highest BCUT2D eigenvalue weighted by molar-refractivity contribution is 7.90. The number of rotatable bonds is 8. The van der Waals surface area contributed by atoms with E-state index >= 15 is 0 Å². The van der Waals surface area contributed by atoms with Gasteiger partial charge in [-0.25, -0.2) is 13.1 Å². The van der Waals surface area contributed by atoms with Crippen molar-refractivity contribution >= 4 is 16.0 Å². The third-order valence-corrected chi connectivity index (χ3v) is 4.48. The number of nitrogens with one attached hydrogen (secondary N) is 1. The monoisotopic (exact) mass is 276 g/mol. The molecule has 7 heteroatoms. The van der Waals surface area contributed by atoms with Crippen LogP contribution in [0.15, 0.2) is 0 Å². The van der Waals surface area contributed by atoms with Crippen molar-refractivity contribution < 1.29 is 18.3 Å². The molecule has 0 heterocycles. The Morgan fingerprint density at radius 2 is 1.89 bits per heavy atom. The van der Waals surface area contributed by atoms with Crippen molar-refractivity contribution in [2.75, 3.05) is 0 Å². The molecular formula is C11H20N2O4S. The van der Waals surface area contributed by atoms with Crippen molar-refractivity contribution in [3.05, 3.63) is 0 Å². The van der Waals surface area contributed by atoms with Gasteiger partial charge in [-0.05, 0) is 26.7 Å². The zero-order valence-corrected chi connectivity index (χ0v) is 11.7. The van der Waals surface area contributed by atoms with Gasteiger partial charge in [-0.2, -0.15) is 5.26 Å². The number of aliphatic carboxylic acids is 1. The molecule has 0 saturated carbocycles. The van der Waals surface area contributed by atoms with Crippen LogP contribution in [0.2, 0.25) is 0 Å². The minimum absolute atomic E-state index is 0.299. The maximum atomic E-state index is 11.5. The lowest BCUT2D eigenvalue weighted by molar-refractivity contribution is -0.141. The van der Waals surface area contributed by atoms with Gasteiger partial charge in [0.1, 0.15) is 0 Å². The van der Waals surface area contributed by atoms with E-state index in [9.17, 15) is 13.2 Å². The van der Waals surface area contributed by atoms with Gasteiger partial charge in [0.2, 0.25) is 10.0 Å². The summed E-state index contributed by atoms with van der Waals surface area (Å²) in [6.07, 6.45) is 1.68. The normalized spacial score (nSPS) is 16.6. The average Bonchev–Trinajstić information content (AvgIpc) is 2.26. The SMILES string of the molecule is CC(CCCC(C)C(=O)O)NS(=O)(=O)C(C)C#N. The summed E-state index contributed by atoms with van der Waals surface area (Å²) in [7, 11) is -3.60. The van der Waals surface area contributed by atoms with Gasteiger partial charge in [0.15, 0.2) is 5.25 Å². The maximum Gasteiger partial charge on any atom is 0.306 e. The van der Waals surface area contributed by atoms with Crippen LogP contribution in [0, 0.1) is 17.2 Å². The van der Waals surface area contributed by atoms with E-state index < -0.39 is 27.2 Å². The molecule has 0 saturated heterocycles. The molecular weight excluding hydrogens is 256 g/mol. The molecule has 0 aliphatic heterocycles. The van der Waals surface area contributed by atoms with Crippen LogP contribution in [-0.4, -0.2) is 30.8 Å². The second kappa shape index (κ2) is 7.34. The summed E-state index contributed by atoms with van der Waals surface area (Å²) >= 11 is 0. The molecule has 0 bridgehead atoms. The second-order valence-electron chi connectivity index (χ2n) is 4.51. The molecule has 3 unspecified atom stereocenters. The Hall–Kier alpha value is -1.13. The van der Waals surface area contributed by atoms with Crippen molar-refractivity contribution in [3.63, 3.8) is 0 Å². The third kappa shape index (κ3) is 5.98. The Balaban J connectivity index is 4.11. The molecule has 0 aromatic rings. The van der Waals surface area contributed by atoms with E-state index in [1.54, 1.807) is 19.9 Å². The van der Waals surface area contributed by atoms with Crippen LogP contribution in [-0.2, 0) is 14.8 Å². The molecule has 0 aliphatic rings. The molecule has 3 atom stereocenters. The molecule has 104 valence electrons. The molecule has 0 radical (unpaired) electrons. The number of hydrogen-bond donors (Lipinski definition) is 2. The summed E-state index contributed by atoms with van der Waals surface area (Å²) in [5.74, 6) is -1.27. The van der Waals surface area contributed by atoms with Gasteiger partial charge in [-0.15, -0.1) is 0 Å². The molecule has 0 aromatic carbocycles. The van der Waals surface area contributed by atoms with E-state index in [-0.39, 0.29) is 6.04 Å². The lowest BCUT2D eigenvalue weighted by Gasteiger charge is -2.15. The summed E-state index contributed by atoms with van der Waals surface area (Å²) < 4.78 is 25.5. The fraction of sp³-hybridized carbons (Fsp3) is 0.818. The van der Waals surface area contributed by atoms with Crippen LogP contribution in [0.5, 0.6) is 0 Å². The fourth-order valence-corrected chi connectivity index (χ4v) is 2.39.